The monoisotopic (exact) mass is 520 g/mol. The topological polar surface area (TPSA) is 103 Å². The minimum absolute atomic E-state index is 0.0253. The molecule has 0 atom stereocenters. The molecule has 0 radical (unpaired) electrons. The van der Waals surface area contributed by atoms with Gasteiger partial charge in [-0.25, -0.2) is 0 Å². The fourth-order valence-electron chi connectivity index (χ4n) is 3.75. The first-order valence-electron chi connectivity index (χ1n) is 10.9. The van der Waals surface area contributed by atoms with Gasteiger partial charge in [0.25, 0.3) is 11.8 Å². The van der Waals surface area contributed by atoms with Gasteiger partial charge in [-0.3, -0.25) is 9.59 Å². The molecular formula is C27H22Cl2N4O3. The highest BCUT2D eigenvalue weighted by Crippen LogP contribution is 2.41. The Labute approximate surface area is 217 Å². The Balaban J connectivity index is 1.86. The number of phenolic OH excluding ortho intramolecular Hbond substituents is 1. The van der Waals surface area contributed by atoms with Crippen molar-refractivity contribution in [3.63, 3.8) is 0 Å². The minimum Gasteiger partial charge on any atom is -0.505 e. The lowest BCUT2D eigenvalue weighted by atomic mass is 10.00. The van der Waals surface area contributed by atoms with Gasteiger partial charge in [0.05, 0.1) is 10.6 Å². The summed E-state index contributed by atoms with van der Waals surface area (Å²) in [6.45, 7) is 3.84. The van der Waals surface area contributed by atoms with Crippen molar-refractivity contribution in [2.24, 2.45) is 10.2 Å². The molecule has 0 heterocycles. The Morgan fingerprint density at radius 3 is 2.39 bits per heavy atom. The molecule has 182 valence electrons. The van der Waals surface area contributed by atoms with Gasteiger partial charge < -0.3 is 15.7 Å². The number of aromatic hydroxyl groups is 1. The largest absolute Gasteiger partial charge is 0.505 e. The van der Waals surface area contributed by atoms with E-state index in [1.54, 1.807) is 36.4 Å². The molecule has 0 saturated carbocycles. The Kier molecular flexibility index (Phi) is 7.24. The van der Waals surface area contributed by atoms with Crippen LogP contribution in [0.3, 0.4) is 0 Å². The van der Waals surface area contributed by atoms with Crippen LogP contribution in [0.15, 0.2) is 70.9 Å². The van der Waals surface area contributed by atoms with E-state index in [9.17, 15) is 14.7 Å². The highest BCUT2D eigenvalue weighted by atomic mass is 35.5. The number of azo groups is 1. The molecular weight excluding hydrogens is 499 g/mol. The van der Waals surface area contributed by atoms with Crippen LogP contribution >= 0.6 is 23.2 Å². The zero-order valence-corrected chi connectivity index (χ0v) is 21.2. The molecule has 0 aliphatic heterocycles. The van der Waals surface area contributed by atoms with Gasteiger partial charge in [0.1, 0.15) is 11.4 Å². The second kappa shape index (κ2) is 10.4. The summed E-state index contributed by atoms with van der Waals surface area (Å²) in [5.74, 6) is -1.19. The van der Waals surface area contributed by atoms with Crippen LogP contribution in [0.2, 0.25) is 10.0 Å². The van der Waals surface area contributed by atoms with E-state index >= 15 is 0 Å². The summed E-state index contributed by atoms with van der Waals surface area (Å²) in [6.07, 6.45) is 0. The molecule has 0 saturated heterocycles. The van der Waals surface area contributed by atoms with Crippen LogP contribution < -0.4 is 10.6 Å². The van der Waals surface area contributed by atoms with Crippen molar-refractivity contribution >= 4 is 62.9 Å². The number of amides is 2. The lowest BCUT2D eigenvalue weighted by Crippen LogP contribution is -2.17. The zero-order valence-electron chi connectivity index (χ0n) is 19.7. The standard InChI is InChI=1S/C27H22Cl2N4O3/c1-14-4-9-22(15(2)10-14)31-27(36)20-12-17-11-16(26(35)30-3)5-7-19(17)24(25(20)34)33-32-23-13-18(28)6-8-21(23)29/h4-13,34H,1-3H3,(H,30,35)(H,31,36). The van der Waals surface area contributed by atoms with Crippen LogP contribution in [0.5, 0.6) is 5.75 Å². The molecule has 9 heteroatoms. The molecule has 0 bridgehead atoms. The highest BCUT2D eigenvalue weighted by Gasteiger charge is 2.20. The normalized spacial score (nSPS) is 11.1. The zero-order chi connectivity index (χ0) is 26.0. The number of rotatable bonds is 5. The number of fused-ring (bicyclic) bond motifs is 1. The number of aryl methyl sites for hydroxylation is 2. The highest BCUT2D eigenvalue weighted by molar-refractivity contribution is 6.35. The molecule has 0 aliphatic carbocycles. The van der Waals surface area contributed by atoms with Gasteiger partial charge in [-0.05, 0) is 67.3 Å². The molecule has 36 heavy (non-hydrogen) atoms. The van der Waals surface area contributed by atoms with Crippen LogP contribution in [0.25, 0.3) is 10.8 Å². The summed E-state index contributed by atoms with van der Waals surface area (Å²) in [7, 11) is 1.53. The summed E-state index contributed by atoms with van der Waals surface area (Å²) in [6, 6.07) is 16.7. The van der Waals surface area contributed by atoms with Crippen molar-refractivity contribution in [3.05, 3.63) is 93.0 Å². The molecule has 0 fully saturated rings. The molecule has 0 aliphatic rings. The molecule has 0 spiro atoms. The first-order chi connectivity index (χ1) is 17.2. The SMILES string of the molecule is CNC(=O)c1ccc2c(N=Nc3cc(Cl)ccc3Cl)c(O)c(C(=O)Nc3ccc(C)cc3C)cc2c1. The van der Waals surface area contributed by atoms with Crippen molar-refractivity contribution in [2.45, 2.75) is 13.8 Å². The summed E-state index contributed by atoms with van der Waals surface area (Å²) in [5, 5.41) is 26.7. The lowest BCUT2D eigenvalue weighted by Gasteiger charge is -2.13. The van der Waals surface area contributed by atoms with Crippen LogP contribution in [-0.4, -0.2) is 24.0 Å². The maximum Gasteiger partial charge on any atom is 0.259 e. The smallest absolute Gasteiger partial charge is 0.259 e. The summed E-state index contributed by atoms with van der Waals surface area (Å²) in [5.41, 5.74) is 3.25. The Morgan fingerprint density at radius 2 is 1.67 bits per heavy atom. The van der Waals surface area contributed by atoms with Crippen molar-refractivity contribution in [3.8, 4) is 5.75 Å². The molecule has 0 aromatic heterocycles. The molecule has 0 unspecified atom stereocenters. The van der Waals surface area contributed by atoms with E-state index in [0.717, 1.165) is 11.1 Å². The molecule has 2 amide bonds. The van der Waals surface area contributed by atoms with Gasteiger partial charge >= 0.3 is 0 Å². The van der Waals surface area contributed by atoms with Crippen LogP contribution in [0.1, 0.15) is 31.8 Å². The molecule has 4 aromatic carbocycles. The lowest BCUT2D eigenvalue weighted by molar-refractivity contribution is 0.0962. The molecule has 7 nitrogen and oxygen atoms in total. The van der Waals surface area contributed by atoms with E-state index in [0.29, 0.717) is 37.8 Å². The van der Waals surface area contributed by atoms with Gasteiger partial charge in [-0.2, -0.15) is 0 Å². The molecule has 3 N–H and O–H groups in total. The number of phenols is 1. The number of nitrogens with zero attached hydrogens (tertiary/aromatic N) is 2. The maximum atomic E-state index is 13.3. The predicted octanol–water partition coefficient (Wildman–Crippen LogP) is 7.50. The van der Waals surface area contributed by atoms with Crippen molar-refractivity contribution in [2.75, 3.05) is 12.4 Å². The van der Waals surface area contributed by atoms with Crippen molar-refractivity contribution in [1.29, 1.82) is 0 Å². The van der Waals surface area contributed by atoms with Gasteiger partial charge in [0, 0.05) is 28.7 Å². The van der Waals surface area contributed by atoms with E-state index in [1.807, 2.05) is 26.0 Å². The molecule has 4 rings (SSSR count). The number of anilines is 1. The second-order valence-corrected chi connectivity index (χ2v) is 9.05. The number of benzene rings is 4. The van der Waals surface area contributed by atoms with Crippen LogP contribution in [-0.2, 0) is 0 Å². The number of hydrogen-bond donors (Lipinski definition) is 3. The van der Waals surface area contributed by atoms with E-state index < -0.39 is 5.91 Å². The van der Waals surface area contributed by atoms with Gasteiger partial charge in [-0.15, -0.1) is 10.2 Å². The summed E-state index contributed by atoms with van der Waals surface area (Å²) in [4.78, 5) is 25.5. The molecule has 4 aromatic rings. The number of carbonyl (C=O) groups excluding carboxylic acids is 2. The maximum absolute atomic E-state index is 13.3. The first-order valence-corrected chi connectivity index (χ1v) is 11.7. The average Bonchev–Trinajstić information content (AvgIpc) is 2.85. The summed E-state index contributed by atoms with van der Waals surface area (Å²) < 4.78 is 0. The van der Waals surface area contributed by atoms with Crippen LogP contribution in [0, 0.1) is 13.8 Å². The van der Waals surface area contributed by atoms with Crippen molar-refractivity contribution < 1.29 is 14.7 Å². The fourth-order valence-corrected chi connectivity index (χ4v) is 4.07. The number of hydrogen-bond acceptors (Lipinski definition) is 5. The predicted molar refractivity (Wildman–Crippen MR) is 144 cm³/mol. The third kappa shape index (κ3) is 5.17. The van der Waals surface area contributed by atoms with Gasteiger partial charge in [0.15, 0.2) is 5.75 Å². The number of nitrogens with one attached hydrogen (secondary N) is 2. The third-order valence-electron chi connectivity index (χ3n) is 5.62. The third-order valence-corrected chi connectivity index (χ3v) is 6.17. The number of carbonyl (C=O) groups is 2. The Hall–Kier alpha value is -3.94. The van der Waals surface area contributed by atoms with Crippen molar-refractivity contribution in [1.82, 2.24) is 5.32 Å². The van der Waals surface area contributed by atoms with E-state index in [4.69, 9.17) is 23.2 Å². The van der Waals surface area contributed by atoms with Gasteiger partial charge in [-0.1, -0.05) is 47.0 Å². The Morgan fingerprint density at radius 1 is 0.889 bits per heavy atom. The quantitative estimate of drug-likeness (QED) is 0.237. The van der Waals surface area contributed by atoms with E-state index in [-0.39, 0.29) is 22.9 Å². The van der Waals surface area contributed by atoms with Gasteiger partial charge in [0.2, 0.25) is 0 Å². The van der Waals surface area contributed by atoms with Crippen LogP contribution in [0.4, 0.5) is 17.1 Å². The summed E-state index contributed by atoms with van der Waals surface area (Å²) >= 11 is 12.3. The second-order valence-electron chi connectivity index (χ2n) is 8.20. The van der Waals surface area contributed by atoms with E-state index in [2.05, 4.69) is 20.9 Å². The first kappa shape index (κ1) is 25.2. The minimum atomic E-state index is -0.538. The van der Waals surface area contributed by atoms with E-state index in [1.165, 1.54) is 19.2 Å². The average molecular weight is 521 g/mol. The Bertz CT molecular complexity index is 1550. The fraction of sp³-hybridized carbons (Fsp3) is 0.111. The number of halogens is 2.